The number of carbonyl (C=O) groups excluding carboxylic acids is 1. The largest absolute Gasteiger partial charge is 0.368 e. The van der Waals surface area contributed by atoms with Crippen LogP contribution >= 0.6 is 0 Å². The molecule has 0 radical (unpaired) electrons. The quantitative estimate of drug-likeness (QED) is 0.836. The van der Waals surface area contributed by atoms with Crippen molar-refractivity contribution in [1.29, 1.82) is 0 Å². The van der Waals surface area contributed by atoms with Gasteiger partial charge in [-0.1, -0.05) is 0 Å². The lowest BCUT2D eigenvalue weighted by molar-refractivity contribution is -0.140. The van der Waals surface area contributed by atoms with E-state index in [0.29, 0.717) is 26.2 Å². The van der Waals surface area contributed by atoms with Crippen LogP contribution in [0.5, 0.6) is 0 Å². The maximum Gasteiger partial charge on any atom is 0.251 e. The van der Waals surface area contributed by atoms with Crippen LogP contribution in [0, 0.1) is 0 Å². The van der Waals surface area contributed by atoms with Gasteiger partial charge in [0.15, 0.2) is 5.82 Å². The van der Waals surface area contributed by atoms with E-state index in [1.54, 1.807) is 0 Å². The van der Waals surface area contributed by atoms with E-state index in [1.807, 2.05) is 29.4 Å². The second-order valence-electron chi connectivity index (χ2n) is 6.12. The van der Waals surface area contributed by atoms with E-state index >= 15 is 0 Å². The van der Waals surface area contributed by atoms with Crippen molar-refractivity contribution in [3.63, 3.8) is 0 Å². The van der Waals surface area contributed by atoms with Crippen molar-refractivity contribution in [3.8, 4) is 0 Å². The lowest BCUT2D eigenvalue weighted by atomic mass is 10.2. The summed E-state index contributed by atoms with van der Waals surface area (Å²) in [5.74, 6) is 2.05. The van der Waals surface area contributed by atoms with Gasteiger partial charge in [0.25, 0.3) is 5.91 Å². The molecule has 2 aliphatic heterocycles. The summed E-state index contributed by atoms with van der Waals surface area (Å²) >= 11 is 0. The van der Waals surface area contributed by atoms with Crippen LogP contribution in [0.2, 0.25) is 0 Å². The van der Waals surface area contributed by atoms with Gasteiger partial charge in [-0.05, 0) is 25.0 Å². The Balaban J connectivity index is 1.46. The third-order valence-electron chi connectivity index (χ3n) is 4.61. The fourth-order valence-electron chi connectivity index (χ4n) is 3.34. The van der Waals surface area contributed by atoms with Crippen molar-refractivity contribution in [2.24, 2.45) is 0 Å². The number of rotatable bonds is 3. The minimum atomic E-state index is -0.238. The predicted octanol–water partition coefficient (Wildman–Crippen LogP) is 0.692. The van der Waals surface area contributed by atoms with Gasteiger partial charge in [-0.3, -0.25) is 4.79 Å². The Labute approximate surface area is 134 Å². The van der Waals surface area contributed by atoms with Crippen LogP contribution in [0.15, 0.2) is 24.5 Å². The molecule has 2 aromatic heterocycles. The van der Waals surface area contributed by atoms with Crippen molar-refractivity contribution < 1.29 is 9.53 Å². The Kier molecular flexibility index (Phi) is 3.87. The first kappa shape index (κ1) is 14.4. The monoisotopic (exact) mass is 315 g/mol. The summed E-state index contributed by atoms with van der Waals surface area (Å²) in [5, 5.41) is 8.64. The van der Waals surface area contributed by atoms with Crippen molar-refractivity contribution in [2.75, 3.05) is 19.7 Å². The normalized spacial score (nSPS) is 21.2. The second kappa shape index (κ2) is 6.16. The first-order valence-electron chi connectivity index (χ1n) is 8.23. The van der Waals surface area contributed by atoms with Gasteiger partial charge < -0.3 is 18.8 Å². The number of hydrogen-bond acceptors (Lipinski definition) is 4. The zero-order chi connectivity index (χ0) is 15.6. The third-order valence-corrected chi connectivity index (χ3v) is 4.61. The fraction of sp³-hybridized carbons (Fsp3) is 0.562. The number of amides is 1. The molecule has 0 saturated carbocycles. The summed E-state index contributed by atoms with van der Waals surface area (Å²) < 4.78 is 9.77. The molecule has 1 saturated heterocycles. The summed E-state index contributed by atoms with van der Waals surface area (Å²) in [7, 11) is 0. The molecule has 0 aliphatic carbocycles. The van der Waals surface area contributed by atoms with Crippen molar-refractivity contribution in [1.82, 2.24) is 24.2 Å². The number of nitrogens with zero attached hydrogens (tertiary/aromatic N) is 5. The van der Waals surface area contributed by atoms with Gasteiger partial charge >= 0.3 is 0 Å². The standard InChI is InChI=1S/C16H21N5O2/c22-16(13-4-3-11-23-13)20-8-5-14-17-18-15(21(14)10-9-20)12-19-6-1-2-7-19/h1-2,6-7,13H,3-5,8-12H2/t13-/m1/s1. The van der Waals surface area contributed by atoms with Crippen LogP contribution in [0.25, 0.3) is 0 Å². The first-order valence-corrected chi connectivity index (χ1v) is 8.23. The highest BCUT2D eigenvalue weighted by Gasteiger charge is 2.30. The van der Waals surface area contributed by atoms with E-state index in [0.717, 1.165) is 37.5 Å². The molecule has 1 atom stereocenters. The summed E-state index contributed by atoms with van der Waals surface area (Å²) in [4.78, 5) is 14.4. The van der Waals surface area contributed by atoms with Gasteiger partial charge in [0.1, 0.15) is 11.9 Å². The Morgan fingerprint density at radius 1 is 1.22 bits per heavy atom. The second-order valence-corrected chi connectivity index (χ2v) is 6.12. The number of aromatic nitrogens is 4. The van der Waals surface area contributed by atoms with Gasteiger partial charge in [0.05, 0.1) is 6.54 Å². The molecule has 1 fully saturated rings. The van der Waals surface area contributed by atoms with Crippen LogP contribution < -0.4 is 0 Å². The Hall–Kier alpha value is -2.15. The molecule has 23 heavy (non-hydrogen) atoms. The van der Waals surface area contributed by atoms with Crippen LogP contribution in [-0.2, 0) is 29.0 Å². The smallest absolute Gasteiger partial charge is 0.251 e. The zero-order valence-electron chi connectivity index (χ0n) is 13.1. The minimum Gasteiger partial charge on any atom is -0.368 e. The Morgan fingerprint density at radius 2 is 2.09 bits per heavy atom. The molecule has 0 spiro atoms. The predicted molar refractivity (Wildman–Crippen MR) is 82.8 cm³/mol. The van der Waals surface area contributed by atoms with E-state index < -0.39 is 0 Å². The average molecular weight is 315 g/mol. The number of ether oxygens (including phenoxy) is 1. The summed E-state index contributed by atoms with van der Waals surface area (Å²) in [6.07, 6.45) is 6.38. The Morgan fingerprint density at radius 3 is 2.87 bits per heavy atom. The highest BCUT2D eigenvalue weighted by Crippen LogP contribution is 2.17. The van der Waals surface area contributed by atoms with Gasteiger partial charge in [-0.25, -0.2) is 0 Å². The average Bonchev–Trinajstić information content (AvgIpc) is 3.29. The lowest BCUT2D eigenvalue weighted by Crippen LogP contribution is -2.40. The molecule has 2 aliphatic rings. The van der Waals surface area contributed by atoms with E-state index in [4.69, 9.17) is 4.74 Å². The lowest BCUT2D eigenvalue weighted by Gasteiger charge is -2.23. The molecule has 7 heteroatoms. The van der Waals surface area contributed by atoms with E-state index in [2.05, 4.69) is 19.3 Å². The molecule has 0 aromatic carbocycles. The van der Waals surface area contributed by atoms with E-state index in [1.165, 1.54) is 0 Å². The van der Waals surface area contributed by atoms with Gasteiger partial charge in [-0.2, -0.15) is 0 Å². The molecule has 7 nitrogen and oxygen atoms in total. The molecule has 122 valence electrons. The molecule has 4 rings (SSSR count). The molecule has 0 unspecified atom stereocenters. The van der Waals surface area contributed by atoms with Crippen molar-refractivity contribution in [3.05, 3.63) is 36.2 Å². The van der Waals surface area contributed by atoms with Crippen molar-refractivity contribution >= 4 is 5.91 Å². The summed E-state index contributed by atoms with van der Waals surface area (Å²) in [6.45, 7) is 3.55. The third kappa shape index (κ3) is 2.88. The van der Waals surface area contributed by atoms with Crippen LogP contribution in [0.4, 0.5) is 0 Å². The molecule has 4 heterocycles. The van der Waals surface area contributed by atoms with Gasteiger partial charge in [0, 0.05) is 45.1 Å². The maximum atomic E-state index is 12.5. The first-order chi connectivity index (χ1) is 11.3. The van der Waals surface area contributed by atoms with Crippen LogP contribution in [0.3, 0.4) is 0 Å². The summed E-state index contributed by atoms with van der Waals surface area (Å²) in [5.41, 5.74) is 0. The summed E-state index contributed by atoms with van der Waals surface area (Å²) in [6, 6.07) is 4.00. The molecular weight excluding hydrogens is 294 g/mol. The SMILES string of the molecule is O=C([C@H]1CCCO1)N1CCc2nnc(Cn3cccc3)n2CC1. The highest BCUT2D eigenvalue weighted by molar-refractivity contribution is 5.81. The number of carbonyl (C=O) groups is 1. The van der Waals surface area contributed by atoms with Gasteiger partial charge in [0.2, 0.25) is 0 Å². The highest BCUT2D eigenvalue weighted by atomic mass is 16.5. The van der Waals surface area contributed by atoms with Gasteiger partial charge in [-0.15, -0.1) is 10.2 Å². The minimum absolute atomic E-state index is 0.133. The Bertz CT molecular complexity index is 673. The van der Waals surface area contributed by atoms with Crippen LogP contribution in [0.1, 0.15) is 24.5 Å². The number of hydrogen-bond donors (Lipinski definition) is 0. The molecule has 0 N–H and O–H groups in total. The van der Waals surface area contributed by atoms with E-state index in [-0.39, 0.29) is 12.0 Å². The molecule has 0 bridgehead atoms. The van der Waals surface area contributed by atoms with E-state index in [9.17, 15) is 4.79 Å². The fourth-order valence-corrected chi connectivity index (χ4v) is 3.34. The van der Waals surface area contributed by atoms with Crippen molar-refractivity contribution in [2.45, 2.75) is 38.5 Å². The molecular formula is C16H21N5O2. The van der Waals surface area contributed by atoms with Crippen LogP contribution in [-0.4, -0.2) is 55.9 Å². The topological polar surface area (TPSA) is 65.2 Å². The maximum absolute atomic E-state index is 12.5. The molecule has 2 aromatic rings. The zero-order valence-corrected chi connectivity index (χ0v) is 13.1. The molecule has 1 amide bonds. The number of fused-ring (bicyclic) bond motifs is 1.